The van der Waals surface area contributed by atoms with Crippen LogP contribution in [-0.4, -0.2) is 38.2 Å². The van der Waals surface area contributed by atoms with E-state index in [2.05, 4.69) is 13.5 Å². The van der Waals surface area contributed by atoms with Gasteiger partial charge >= 0.3 is 5.97 Å². The molecule has 33 heavy (non-hydrogen) atoms. The van der Waals surface area contributed by atoms with Gasteiger partial charge in [0.25, 0.3) is 0 Å². The molecule has 184 valence electrons. The summed E-state index contributed by atoms with van der Waals surface area (Å²) in [5.41, 5.74) is 1.46. The molecular formula is C28H42O5. The van der Waals surface area contributed by atoms with E-state index < -0.39 is 17.3 Å². The molecule has 0 aromatic heterocycles. The Kier molecular flexibility index (Phi) is 11.3. The van der Waals surface area contributed by atoms with Crippen molar-refractivity contribution in [3.8, 4) is 0 Å². The summed E-state index contributed by atoms with van der Waals surface area (Å²) < 4.78 is 24.5. The largest absolute Gasteiger partial charge is 0.452 e. The average molecular weight is 459 g/mol. The van der Waals surface area contributed by atoms with Gasteiger partial charge in [0.05, 0.1) is 19.8 Å². The Morgan fingerprint density at radius 2 is 1.94 bits per heavy atom. The minimum absolute atomic E-state index is 0.223. The highest BCUT2D eigenvalue weighted by molar-refractivity contribution is 5.70. The molecule has 0 bridgehead atoms. The first kappa shape index (κ1) is 27.3. The van der Waals surface area contributed by atoms with E-state index >= 15 is 0 Å². The van der Waals surface area contributed by atoms with E-state index in [9.17, 15) is 4.79 Å². The number of hydrogen-bond acceptors (Lipinski definition) is 5. The molecule has 1 unspecified atom stereocenters. The SMILES string of the molecule is C=C/C=C1\CCOC(OC)(C(C)(C)COCc2ccccc2)[C@H]1OC(=O)CCCCCCC. The van der Waals surface area contributed by atoms with Gasteiger partial charge in [-0.25, -0.2) is 0 Å². The molecule has 5 heteroatoms. The molecule has 1 aliphatic heterocycles. The fourth-order valence-corrected chi connectivity index (χ4v) is 4.40. The van der Waals surface area contributed by atoms with Gasteiger partial charge < -0.3 is 18.9 Å². The number of unbranched alkanes of at least 4 members (excludes halogenated alkanes) is 4. The highest BCUT2D eigenvalue weighted by Crippen LogP contribution is 2.45. The Hall–Kier alpha value is -1.95. The van der Waals surface area contributed by atoms with Crippen LogP contribution >= 0.6 is 0 Å². The van der Waals surface area contributed by atoms with Crippen molar-refractivity contribution in [3.63, 3.8) is 0 Å². The zero-order chi connectivity index (χ0) is 24.2. The number of carbonyl (C=O) groups excluding carboxylic acids is 1. The quantitative estimate of drug-likeness (QED) is 0.239. The number of allylic oxidation sites excluding steroid dienone is 2. The number of carbonyl (C=O) groups is 1. The second-order valence-electron chi connectivity index (χ2n) is 9.34. The maximum Gasteiger partial charge on any atom is 0.306 e. The summed E-state index contributed by atoms with van der Waals surface area (Å²) in [6.45, 7) is 11.4. The summed E-state index contributed by atoms with van der Waals surface area (Å²) >= 11 is 0. The third kappa shape index (κ3) is 7.53. The highest BCUT2D eigenvalue weighted by Gasteiger charge is 2.57. The second kappa shape index (κ2) is 13.7. The Morgan fingerprint density at radius 1 is 1.21 bits per heavy atom. The summed E-state index contributed by atoms with van der Waals surface area (Å²) in [4.78, 5) is 12.8. The van der Waals surface area contributed by atoms with Gasteiger partial charge in [0, 0.05) is 18.9 Å². The normalized spacial score (nSPS) is 22.3. The van der Waals surface area contributed by atoms with E-state index in [1.54, 1.807) is 13.2 Å². The van der Waals surface area contributed by atoms with Crippen LogP contribution in [-0.2, 0) is 30.3 Å². The average Bonchev–Trinajstić information content (AvgIpc) is 2.80. The lowest BCUT2D eigenvalue weighted by Crippen LogP contribution is -2.62. The van der Waals surface area contributed by atoms with E-state index in [4.69, 9.17) is 18.9 Å². The van der Waals surface area contributed by atoms with Crippen LogP contribution in [0.1, 0.15) is 71.3 Å². The molecule has 1 heterocycles. The Labute approximate surface area is 200 Å². The zero-order valence-electron chi connectivity index (χ0n) is 20.9. The van der Waals surface area contributed by atoms with E-state index in [0.29, 0.717) is 32.7 Å². The van der Waals surface area contributed by atoms with Crippen LogP contribution in [0.15, 0.2) is 54.6 Å². The molecule has 1 aromatic rings. The molecule has 2 atom stereocenters. The molecule has 5 nitrogen and oxygen atoms in total. The molecule has 0 aliphatic carbocycles. The molecule has 0 N–H and O–H groups in total. The van der Waals surface area contributed by atoms with Crippen LogP contribution in [0.2, 0.25) is 0 Å². The van der Waals surface area contributed by atoms with Crippen LogP contribution in [0.25, 0.3) is 0 Å². The molecule has 0 amide bonds. The number of benzene rings is 1. The second-order valence-corrected chi connectivity index (χ2v) is 9.34. The number of methoxy groups -OCH3 is 1. The van der Waals surface area contributed by atoms with Crippen LogP contribution in [0.5, 0.6) is 0 Å². The van der Waals surface area contributed by atoms with Crippen molar-refractivity contribution in [1.82, 2.24) is 0 Å². The fraction of sp³-hybridized carbons (Fsp3) is 0.607. The molecule has 1 aromatic carbocycles. The monoisotopic (exact) mass is 458 g/mol. The Morgan fingerprint density at radius 3 is 2.61 bits per heavy atom. The van der Waals surface area contributed by atoms with Gasteiger partial charge in [-0.3, -0.25) is 4.79 Å². The number of esters is 1. The fourth-order valence-electron chi connectivity index (χ4n) is 4.40. The summed E-state index contributed by atoms with van der Waals surface area (Å²) in [6.07, 6.45) is 9.42. The maximum absolute atomic E-state index is 12.8. The third-order valence-corrected chi connectivity index (χ3v) is 6.28. The molecule has 1 fully saturated rings. The number of rotatable bonds is 14. The number of hydrogen-bond donors (Lipinski definition) is 0. The minimum atomic E-state index is -1.16. The minimum Gasteiger partial charge on any atom is -0.452 e. The van der Waals surface area contributed by atoms with Crippen molar-refractivity contribution in [3.05, 3.63) is 60.2 Å². The molecule has 0 radical (unpaired) electrons. The van der Waals surface area contributed by atoms with E-state index in [-0.39, 0.29) is 5.97 Å². The summed E-state index contributed by atoms with van der Waals surface area (Å²) in [5, 5.41) is 0. The van der Waals surface area contributed by atoms with Crippen molar-refractivity contribution in [2.45, 2.75) is 84.2 Å². The van der Waals surface area contributed by atoms with Gasteiger partial charge in [-0.05, 0) is 24.0 Å². The van der Waals surface area contributed by atoms with Crippen LogP contribution in [0.3, 0.4) is 0 Å². The van der Waals surface area contributed by atoms with Crippen molar-refractivity contribution in [1.29, 1.82) is 0 Å². The summed E-state index contributed by atoms with van der Waals surface area (Å²) in [5.74, 6) is -1.38. The first-order chi connectivity index (χ1) is 15.9. The van der Waals surface area contributed by atoms with Gasteiger partial charge in [0.15, 0.2) is 6.10 Å². The van der Waals surface area contributed by atoms with Crippen molar-refractivity contribution >= 4 is 5.97 Å². The predicted octanol–water partition coefficient (Wildman–Crippen LogP) is 6.38. The van der Waals surface area contributed by atoms with Crippen molar-refractivity contribution in [2.24, 2.45) is 5.41 Å². The van der Waals surface area contributed by atoms with E-state index in [1.165, 1.54) is 12.8 Å². The third-order valence-electron chi connectivity index (χ3n) is 6.28. The highest BCUT2D eigenvalue weighted by atomic mass is 16.7. The molecule has 0 spiro atoms. The Balaban J connectivity index is 2.15. The van der Waals surface area contributed by atoms with Crippen LogP contribution in [0.4, 0.5) is 0 Å². The summed E-state index contributed by atoms with van der Waals surface area (Å²) in [6, 6.07) is 10.0. The summed E-state index contributed by atoms with van der Waals surface area (Å²) in [7, 11) is 1.61. The van der Waals surface area contributed by atoms with Crippen LogP contribution < -0.4 is 0 Å². The van der Waals surface area contributed by atoms with Gasteiger partial charge in [-0.1, -0.05) is 95.5 Å². The van der Waals surface area contributed by atoms with Gasteiger partial charge in [-0.15, -0.1) is 0 Å². The lowest BCUT2D eigenvalue weighted by molar-refractivity contribution is -0.334. The first-order valence-corrected chi connectivity index (χ1v) is 12.2. The molecule has 1 aliphatic rings. The van der Waals surface area contributed by atoms with Crippen molar-refractivity contribution in [2.75, 3.05) is 20.3 Å². The lowest BCUT2D eigenvalue weighted by Gasteiger charge is -2.51. The van der Waals surface area contributed by atoms with Crippen molar-refractivity contribution < 1.29 is 23.7 Å². The standard InChI is InChI=1S/C28H42O5/c1-6-8-9-10-14-18-25(29)33-26-24(15-7-2)19-20-32-28(26,30-5)27(3,4)22-31-21-23-16-12-11-13-17-23/h7,11-13,15-17,26H,2,6,8-10,14,18-22H2,1,3-5H3/b24-15+/t26-,28?/m0/s1. The molecule has 0 saturated carbocycles. The molecule has 2 rings (SSSR count). The molecular weight excluding hydrogens is 416 g/mol. The first-order valence-electron chi connectivity index (χ1n) is 12.2. The predicted molar refractivity (Wildman–Crippen MR) is 132 cm³/mol. The van der Waals surface area contributed by atoms with E-state index in [0.717, 1.165) is 30.4 Å². The van der Waals surface area contributed by atoms with Gasteiger partial charge in [0.2, 0.25) is 5.79 Å². The smallest absolute Gasteiger partial charge is 0.306 e. The van der Waals surface area contributed by atoms with E-state index in [1.807, 2.05) is 50.3 Å². The van der Waals surface area contributed by atoms with Gasteiger partial charge in [-0.2, -0.15) is 0 Å². The topological polar surface area (TPSA) is 54.0 Å². The Bertz CT molecular complexity index is 755. The zero-order valence-corrected chi connectivity index (χ0v) is 20.9. The molecule has 1 saturated heterocycles. The van der Waals surface area contributed by atoms with Crippen LogP contribution in [0, 0.1) is 5.41 Å². The van der Waals surface area contributed by atoms with Gasteiger partial charge in [0.1, 0.15) is 0 Å². The number of ether oxygens (including phenoxy) is 4. The lowest BCUT2D eigenvalue weighted by atomic mass is 9.76. The maximum atomic E-state index is 12.8.